The molecular formula is C22H27N3O3S. The van der Waals surface area contributed by atoms with Crippen LogP contribution >= 0.6 is 11.3 Å². The number of carbonyl (C=O) groups excluding carboxylic acids is 1. The summed E-state index contributed by atoms with van der Waals surface area (Å²) >= 11 is 1.85. The summed E-state index contributed by atoms with van der Waals surface area (Å²) in [6.07, 6.45) is 7.73. The molecule has 0 saturated carbocycles. The number of aryl methyl sites for hydroxylation is 3. The first-order chi connectivity index (χ1) is 14.2. The Labute approximate surface area is 175 Å². The number of nitrogens with zero attached hydrogens (tertiary/aromatic N) is 2. The first kappa shape index (κ1) is 21.1. The summed E-state index contributed by atoms with van der Waals surface area (Å²) in [5.41, 5.74) is 1.82. The van der Waals surface area contributed by atoms with Gasteiger partial charge in [0.25, 0.3) is 0 Å². The van der Waals surface area contributed by atoms with Gasteiger partial charge >= 0.3 is 0 Å². The summed E-state index contributed by atoms with van der Waals surface area (Å²) in [7, 11) is 1.54. The minimum Gasteiger partial charge on any atom is -0.493 e. The second kappa shape index (κ2) is 10.8. The van der Waals surface area contributed by atoms with E-state index < -0.39 is 0 Å². The molecule has 29 heavy (non-hydrogen) atoms. The van der Waals surface area contributed by atoms with Gasteiger partial charge < -0.3 is 14.8 Å². The number of benzene rings is 1. The maximum absolute atomic E-state index is 12.0. The Morgan fingerprint density at radius 2 is 2.14 bits per heavy atom. The van der Waals surface area contributed by atoms with Crippen molar-refractivity contribution in [1.82, 2.24) is 10.3 Å². The van der Waals surface area contributed by atoms with Crippen LogP contribution in [0.1, 0.15) is 53.2 Å². The Balaban J connectivity index is 1.29. The third-order valence-corrected chi connectivity index (χ3v) is 6.10. The molecule has 0 saturated heterocycles. The summed E-state index contributed by atoms with van der Waals surface area (Å²) in [5.74, 6) is 1.15. The zero-order valence-corrected chi connectivity index (χ0v) is 17.6. The van der Waals surface area contributed by atoms with Gasteiger partial charge in [0.1, 0.15) is 0 Å². The molecule has 3 rings (SSSR count). The molecule has 1 aromatic heterocycles. The molecule has 1 aliphatic rings. The number of nitriles is 1. The maximum Gasteiger partial charge on any atom is 0.220 e. The van der Waals surface area contributed by atoms with Crippen LogP contribution in [0.15, 0.2) is 18.2 Å². The highest BCUT2D eigenvalue weighted by molar-refractivity contribution is 7.11. The standard InChI is InChI=1S/C22H27N3O3S/c1-27-19-14-16(15-23)10-11-18(19)28-13-5-8-21(26)24-12-4-9-22-25-17-6-2-3-7-20(17)29-22/h10-11,14H,2-9,12-13H2,1H3,(H,24,26). The molecule has 0 unspecified atom stereocenters. The van der Waals surface area contributed by atoms with Crippen LogP contribution < -0.4 is 14.8 Å². The molecular weight excluding hydrogens is 386 g/mol. The molecule has 1 amide bonds. The molecule has 0 bridgehead atoms. The van der Waals surface area contributed by atoms with E-state index in [2.05, 4.69) is 11.4 Å². The number of methoxy groups -OCH3 is 1. The monoisotopic (exact) mass is 413 g/mol. The van der Waals surface area contributed by atoms with Gasteiger partial charge in [0, 0.05) is 30.3 Å². The zero-order chi connectivity index (χ0) is 20.5. The van der Waals surface area contributed by atoms with E-state index in [1.807, 2.05) is 11.3 Å². The first-order valence-electron chi connectivity index (χ1n) is 10.1. The maximum atomic E-state index is 12.0. The lowest BCUT2D eigenvalue weighted by Gasteiger charge is -2.10. The van der Waals surface area contributed by atoms with Crippen molar-refractivity contribution in [3.05, 3.63) is 39.3 Å². The quantitative estimate of drug-likeness (QED) is 0.599. The smallest absolute Gasteiger partial charge is 0.220 e. The van der Waals surface area contributed by atoms with Gasteiger partial charge in [-0.2, -0.15) is 5.26 Å². The van der Waals surface area contributed by atoms with Crippen molar-refractivity contribution in [2.24, 2.45) is 0 Å². The topological polar surface area (TPSA) is 84.2 Å². The van der Waals surface area contributed by atoms with Crippen molar-refractivity contribution in [2.45, 2.75) is 51.4 Å². The number of hydrogen-bond acceptors (Lipinski definition) is 6. The summed E-state index contributed by atoms with van der Waals surface area (Å²) in [6, 6.07) is 7.11. The first-order valence-corrected chi connectivity index (χ1v) is 11.0. The minimum atomic E-state index is 0.0406. The molecule has 154 valence electrons. The molecule has 1 aliphatic carbocycles. The number of aromatic nitrogens is 1. The lowest BCUT2D eigenvalue weighted by molar-refractivity contribution is -0.121. The molecule has 0 atom stereocenters. The van der Waals surface area contributed by atoms with Crippen LogP contribution in [0.2, 0.25) is 0 Å². The SMILES string of the molecule is COc1cc(C#N)ccc1OCCCC(=O)NCCCc1nc2c(s1)CCCC2. The highest BCUT2D eigenvalue weighted by Gasteiger charge is 2.14. The van der Waals surface area contributed by atoms with Crippen molar-refractivity contribution in [3.8, 4) is 17.6 Å². The van der Waals surface area contributed by atoms with E-state index >= 15 is 0 Å². The summed E-state index contributed by atoms with van der Waals surface area (Å²) in [6.45, 7) is 1.09. The second-order valence-corrected chi connectivity index (χ2v) is 8.24. The van der Waals surface area contributed by atoms with Gasteiger partial charge in [0.15, 0.2) is 11.5 Å². The summed E-state index contributed by atoms with van der Waals surface area (Å²) < 4.78 is 10.9. The van der Waals surface area contributed by atoms with E-state index in [1.165, 1.54) is 42.0 Å². The summed E-state index contributed by atoms with van der Waals surface area (Å²) in [5, 5.41) is 13.1. The molecule has 0 fully saturated rings. The van der Waals surface area contributed by atoms with Crippen LogP contribution in [0.25, 0.3) is 0 Å². The lowest BCUT2D eigenvalue weighted by atomic mass is 10.0. The van der Waals surface area contributed by atoms with Crippen LogP contribution in [0, 0.1) is 11.3 Å². The van der Waals surface area contributed by atoms with Crippen LogP contribution in [0.4, 0.5) is 0 Å². The van der Waals surface area contributed by atoms with Crippen LogP contribution in [-0.2, 0) is 24.1 Å². The van der Waals surface area contributed by atoms with Crippen molar-refractivity contribution in [2.75, 3.05) is 20.3 Å². The Hall–Kier alpha value is -2.59. The van der Waals surface area contributed by atoms with Crippen molar-refractivity contribution in [3.63, 3.8) is 0 Å². The number of nitrogens with one attached hydrogen (secondary N) is 1. The van der Waals surface area contributed by atoms with E-state index in [-0.39, 0.29) is 5.91 Å². The Kier molecular flexibility index (Phi) is 7.88. The number of hydrogen-bond donors (Lipinski definition) is 1. The summed E-state index contributed by atoms with van der Waals surface area (Å²) in [4.78, 5) is 18.2. The Morgan fingerprint density at radius 3 is 2.93 bits per heavy atom. The van der Waals surface area contributed by atoms with Gasteiger partial charge in [-0.05, 0) is 50.7 Å². The number of thiazole rings is 1. The highest BCUT2D eigenvalue weighted by Crippen LogP contribution is 2.28. The average Bonchev–Trinajstić information content (AvgIpc) is 3.17. The van der Waals surface area contributed by atoms with Gasteiger partial charge in [0.05, 0.1) is 36.1 Å². The predicted molar refractivity (Wildman–Crippen MR) is 113 cm³/mol. The van der Waals surface area contributed by atoms with Crippen LogP contribution in [0.3, 0.4) is 0 Å². The zero-order valence-electron chi connectivity index (χ0n) is 16.8. The average molecular weight is 414 g/mol. The number of ether oxygens (including phenoxy) is 2. The molecule has 1 aromatic carbocycles. The molecule has 1 heterocycles. The number of rotatable bonds is 10. The van der Waals surface area contributed by atoms with Gasteiger partial charge in [0.2, 0.25) is 5.91 Å². The number of fused-ring (bicyclic) bond motifs is 1. The van der Waals surface area contributed by atoms with Gasteiger partial charge in [-0.15, -0.1) is 11.3 Å². The van der Waals surface area contributed by atoms with E-state index in [1.54, 1.807) is 18.2 Å². The Bertz CT molecular complexity index is 849. The van der Waals surface area contributed by atoms with E-state index in [0.717, 1.165) is 19.3 Å². The van der Waals surface area contributed by atoms with E-state index in [0.29, 0.717) is 43.1 Å². The molecule has 1 N–H and O–H groups in total. The molecule has 0 spiro atoms. The third kappa shape index (κ3) is 6.20. The fraction of sp³-hybridized carbons (Fsp3) is 0.500. The number of amides is 1. The fourth-order valence-corrected chi connectivity index (χ4v) is 4.54. The normalized spacial score (nSPS) is 12.7. The number of carbonyl (C=O) groups is 1. The van der Waals surface area contributed by atoms with Gasteiger partial charge in [-0.1, -0.05) is 0 Å². The van der Waals surface area contributed by atoms with Crippen molar-refractivity contribution < 1.29 is 14.3 Å². The van der Waals surface area contributed by atoms with E-state index in [4.69, 9.17) is 19.7 Å². The minimum absolute atomic E-state index is 0.0406. The van der Waals surface area contributed by atoms with Crippen LogP contribution in [0.5, 0.6) is 11.5 Å². The van der Waals surface area contributed by atoms with Gasteiger partial charge in [-0.3, -0.25) is 4.79 Å². The molecule has 0 radical (unpaired) electrons. The molecule has 0 aliphatic heterocycles. The second-order valence-electron chi connectivity index (χ2n) is 7.07. The Morgan fingerprint density at radius 1 is 1.28 bits per heavy atom. The third-order valence-electron chi connectivity index (χ3n) is 4.88. The lowest BCUT2D eigenvalue weighted by Crippen LogP contribution is -2.24. The fourth-order valence-electron chi connectivity index (χ4n) is 3.34. The molecule has 2 aromatic rings. The molecule has 7 heteroatoms. The van der Waals surface area contributed by atoms with Crippen LogP contribution in [-0.4, -0.2) is 31.2 Å². The molecule has 6 nitrogen and oxygen atoms in total. The highest BCUT2D eigenvalue weighted by atomic mass is 32.1. The van der Waals surface area contributed by atoms with Gasteiger partial charge in [-0.25, -0.2) is 4.98 Å². The van der Waals surface area contributed by atoms with E-state index in [9.17, 15) is 4.79 Å². The predicted octanol–water partition coefficient (Wildman–Crippen LogP) is 3.81. The van der Waals surface area contributed by atoms with Crippen molar-refractivity contribution >= 4 is 17.2 Å². The van der Waals surface area contributed by atoms with Crippen molar-refractivity contribution in [1.29, 1.82) is 5.26 Å². The largest absolute Gasteiger partial charge is 0.493 e.